The van der Waals surface area contributed by atoms with Crippen LogP contribution in [0.1, 0.15) is 29.9 Å². The number of rotatable bonds is 7. The maximum absolute atomic E-state index is 13.6. The molecule has 1 amide bonds. The predicted octanol–water partition coefficient (Wildman–Crippen LogP) is 2.61. The van der Waals surface area contributed by atoms with Gasteiger partial charge in [-0.3, -0.25) is 14.2 Å². The number of ether oxygens (including phenoxy) is 1. The Morgan fingerprint density at radius 3 is 2.29 bits per heavy atom. The van der Waals surface area contributed by atoms with Crippen LogP contribution in [0.2, 0.25) is 0 Å². The number of carbonyl (C=O) groups is 2. The van der Waals surface area contributed by atoms with Crippen LogP contribution in [-0.4, -0.2) is 37.6 Å². The third-order valence-corrected chi connectivity index (χ3v) is 5.30. The molecule has 0 aliphatic rings. The number of aromatic nitrogens is 4. The van der Waals surface area contributed by atoms with Gasteiger partial charge in [0, 0.05) is 5.56 Å². The molecule has 10 heteroatoms. The van der Waals surface area contributed by atoms with E-state index in [1.165, 1.54) is 28.8 Å². The van der Waals surface area contributed by atoms with Crippen molar-refractivity contribution >= 4 is 23.0 Å². The van der Waals surface area contributed by atoms with Crippen LogP contribution in [-0.2, 0) is 22.5 Å². The Hall–Kier alpha value is -4.34. The zero-order chi connectivity index (χ0) is 24.4. The minimum Gasteiger partial charge on any atom is -0.465 e. The smallest absolute Gasteiger partial charge is 0.335 e. The highest BCUT2D eigenvalue weighted by Crippen LogP contribution is 2.24. The molecule has 2 heterocycles. The number of halogens is 1. The van der Waals surface area contributed by atoms with Gasteiger partial charge in [0.05, 0.1) is 12.3 Å². The molecule has 0 aliphatic carbocycles. The van der Waals surface area contributed by atoms with Crippen molar-refractivity contribution in [3.63, 3.8) is 0 Å². The SMILES string of the molecule is CCOC(=O)Cn1c(=O)n(-c2ccc(F)cc2)c2nc(-c3ccc(CC)cc3)nc(C(N)=O)c21. The molecule has 4 aromatic rings. The number of hydrogen-bond acceptors (Lipinski definition) is 6. The highest BCUT2D eigenvalue weighted by atomic mass is 19.1. The van der Waals surface area contributed by atoms with E-state index in [1.807, 2.05) is 19.1 Å². The number of hydrogen-bond donors (Lipinski definition) is 1. The van der Waals surface area contributed by atoms with E-state index >= 15 is 0 Å². The van der Waals surface area contributed by atoms with Crippen molar-refractivity contribution in [1.82, 2.24) is 19.1 Å². The summed E-state index contributed by atoms with van der Waals surface area (Å²) in [5.41, 5.74) is 6.78. The summed E-state index contributed by atoms with van der Waals surface area (Å²) in [7, 11) is 0. The third-order valence-electron chi connectivity index (χ3n) is 5.30. The summed E-state index contributed by atoms with van der Waals surface area (Å²) in [6.07, 6.45) is 0.841. The molecule has 0 aliphatic heterocycles. The quantitative estimate of drug-likeness (QED) is 0.421. The zero-order valence-corrected chi connectivity index (χ0v) is 18.6. The van der Waals surface area contributed by atoms with Gasteiger partial charge in [-0.2, -0.15) is 0 Å². The molecular formula is C24H22FN5O4. The van der Waals surface area contributed by atoms with Gasteiger partial charge in [-0.1, -0.05) is 31.2 Å². The van der Waals surface area contributed by atoms with Gasteiger partial charge in [-0.15, -0.1) is 0 Å². The Morgan fingerprint density at radius 1 is 1.03 bits per heavy atom. The molecule has 0 atom stereocenters. The van der Waals surface area contributed by atoms with Crippen molar-refractivity contribution in [3.05, 3.63) is 76.1 Å². The fourth-order valence-electron chi connectivity index (χ4n) is 3.65. The van der Waals surface area contributed by atoms with Gasteiger partial charge < -0.3 is 10.5 Å². The second kappa shape index (κ2) is 9.26. The van der Waals surface area contributed by atoms with Gasteiger partial charge in [-0.05, 0) is 43.2 Å². The number of nitrogens with zero attached hydrogens (tertiary/aromatic N) is 4. The van der Waals surface area contributed by atoms with Gasteiger partial charge in [0.1, 0.15) is 17.9 Å². The van der Waals surface area contributed by atoms with E-state index in [4.69, 9.17) is 10.5 Å². The largest absolute Gasteiger partial charge is 0.465 e. The molecule has 4 rings (SSSR count). The maximum atomic E-state index is 13.6. The Balaban J connectivity index is 2.05. The highest BCUT2D eigenvalue weighted by Gasteiger charge is 2.25. The molecule has 0 radical (unpaired) electrons. The van der Waals surface area contributed by atoms with Crippen LogP contribution < -0.4 is 11.4 Å². The Bertz CT molecular complexity index is 1440. The number of amides is 1. The molecule has 9 nitrogen and oxygen atoms in total. The highest BCUT2D eigenvalue weighted by molar-refractivity contribution is 6.02. The molecular weight excluding hydrogens is 441 g/mol. The third kappa shape index (κ3) is 4.17. The Labute approximate surface area is 193 Å². The van der Waals surface area contributed by atoms with Crippen LogP contribution in [0.3, 0.4) is 0 Å². The van der Waals surface area contributed by atoms with Crippen LogP contribution in [0.5, 0.6) is 0 Å². The van der Waals surface area contributed by atoms with E-state index in [-0.39, 0.29) is 29.3 Å². The molecule has 0 saturated carbocycles. The molecule has 0 fully saturated rings. The van der Waals surface area contributed by atoms with E-state index in [2.05, 4.69) is 9.97 Å². The molecule has 174 valence electrons. The number of benzene rings is 2. The summed E-state index contributed by atoms with van der Waals surface area (Å²) in [5.74, 6) is -1.89. The van der Waals surface area contributed by atoms with Crippen LogP contribution in [0, 0.1) is 5.82 Å². The van der Waals surface area contributed by atoms with Gasteiger partial charge in [0.15, 0.2) is 17.2 Å². The van der Waals surface area contributed by atoms with Crippen molar-refractivity contribution in [3.8, 4) is 17.1 Å². The minimum absolute atomic E-state index is 0.0104. The summed E-state index contributed by atoms with van der Waals surface area (Å²) in [6, 6.07) is 12.6. The average Bonchev–Trinajstić information content (AvgIpc) is 3.10. The first kappa shape index (κ1) is 22.8. The fraction of sp³-hybridized carbons (Fsp3) is 0.208. The predicted molar refractivity (Wildman–Crippen MR) is 123 cm³/mol. The lowest BCUT2D eigenvalue weighted by molar-refractivity contribution is -0.143. The van der Waals surface area contributed by atoms with E-state index in [0.29, 0.717) is 11.3 Å². The van der Waals surface area contributed by atoms with Crippen LogP contribution >= 0.6 is 0 Å². The molecule has 0 unspecified atom stereocenters. The molecule has 0 bridgehead atoms. The Morgan fingerprint density at radius 2 is 1.71 bits per heavy atom. The van der Waals surface area contributed by atoms with Gasteiger partial charge >= 0.3 is 11.7 Å². The molecule has 0 spiro atoms. The average molecular weight is 463 g/mol. The summed E-state index contributed by atoms with van der Waals surface area (Å²) < 4.78 is 20.8. The lowest BCUT2D eigenvalue weighted by Crippen LogP contribution is -2.28. The first-order valence-electron chi connectivity index (χ1n) is 10.7. The second-order valence-electron chi connectivity index (χ2n) is 7.47. The number of nitrogens with two attached hydrogens (primary N) is 1. The summed E-state index contributed by atoms with van der Waals surface area (Å²) in [6.45, 7) is 3.29. The summed E-state index contributed by atoms with van der Waals surface area (Å²) in [5, 5.41) is 0. The van der Waals surface area contributed by atoms with Crippen molar-refractivity contribution < 1.29 is 18.7 Å². The summed E-state index contributed by atoms with van der Waals surface area (Å²) in [4.78, 5) is 46.9. The lowest BCUT2D eigenvalue weighted by atomic mass is 10.1. The van der Waals surface area contributed by atoms with Crippen LogP contribution in [0.4, 0.5) is 4.39 Å². The second-order valence-corrected chi connectivity index (χ2v) is 7.47. The van der Waals surface area contributed by atoms with Crippen molar-refractivity contribution in [2.45, 2.75) is 26.8 Å². The fourth-order valence-corrected chi connectivity index (χ4v) is 3.65. The van der Waals surface area contributed by atoms with Gasteiger partial charge in [-0.25, -0.2) is 23.7 Å². The standard InChI is InChI=1S/C24H22FN5O4/c1-3-14-5-7-15(8-6-14)22-27-19(21(26)32)20-23(28-22)30(17-11-9-16(25)10-12-17)24(33)29(20)13-18(31)34-4-2/h5-12H,3-4,13H2,1-2H3,(H2,26,32). The first-order chi connectivity index (χ1) is 16.3. The molecule has 0 saturated heterocycles. The normalized spacial score (nSPS) is 11.0. The van der Waals surface area contributed by atoms with E-state index < -0.39 is 29.9 Å². The minimum atomic E-state index is -0.896. The number of fused-ring (bicyclic) bond motifs is 1. The van der Waals surface area contributed by atoms with E-state index in [0.717, 1.165) is 16.6 Å². The Kier molecular flexibility index (Phi) is 6.22. The van der Waals surface area contributed by atoms with Crippen molar-refractivity contribution in [1.29, 1.82) is 0 Å². The monoisotopic (exact) mass is 463 g/mol. The van der Waals surface area contributed by atoms with Crippen molar-refractivity contribution in [2.24, 2.45) is 5.73 Å². The maximum Gasteiger partial charge on any atom is 0.335 e. The zero-order valence-electron chi connectivity index (χ0n) is 18.6. The number of primary amides is 1. The molecule has 2 aromatic heterocycles. The van der Waals surface area contributed by atoms with Gasteiger partial charge in [0.2, 0.25) is 0 Å². The molecule has 2 N–H and O–H groups in total. The van der Waals surface area contributed by atoms with Crippen molar-refractivity contribution in [2.75, 3.05) is 6.61 Å². The summed E-state index contributed by atoms with van der Waals surface area (Å²) >= 11 is 0. The van der Waals surface area contributed by atoms with Crippen LogP contribution in [0.15, 0.2) is 53.3 Å². The van der Waals surface area contributed by atoms with E-state index in [9.17, 15) is 18.8 Å². The number of imidazole rings is 1. The number of aryl methyl sites for hydroxylation is 1. The van der Waals surface area contributed by atoms with Crippen LogP contribution in [0.25, 0.3) is 28.2 Å². The topological polar surface area (TPSA) is 122 Å². The first-order valence-corrected chi connectivity index (χ1v) is 10.7. The van der Waals surface area contributed by atoms with E-state index in [1.54, 1.807) is 19.1 Å². The molecule has 34 heavy (non-hydrogen) atoms. The van der Waals surface area contributed by atoms with Gasteiger partial charge in [0.25, 0.3) is 5.91 Å². The molecule has 2 aromatic carbocycles. The number of carbonyl (C=O) groups excluding carboxylic acids is 2. The number of esters is 1. The lowest BCUT2D eigenvalue weighted by Gasteiger charge is -2.08.